The van der Waals surface area contributed by atoms with Crippen LogP contribution in [0.2, 0.25) is 5.02 Å². The lowest BCUT2D eigenvalue weighted by atomic mass is 10.2. The number of benzene rings is 1. The number of halogens is 3. The van der Waals surface area contributed by atoms with Gasteiger partial charge in [-0.1, -0.05) is 35.1 Å². The lowest BCUT2D eigenvalue weighted by Crippen LogP contribution is -2.07. The molecule has 1 aromatic carbocycles. The van der Waals surface area contributed by atoms with Crippen LogP contribution in [0.15, 0.2) is 42.7 Å². The van der Waals surface area contributed by atoms with Crippen LogP contribution in [0.25, 0.3) is 16.8 Å². The third-order valence-electron chi connectivity index (χ3n) is 3.38. The number of carbonyl (C=O) groups excluding carboxylic acids is 1. The SMILES string of the molecule is Cc1nc(NC(=O)/C=C/c2cccc(Cl)c2)sc1-c1nccn1C(F)F. The zero-order chi connectivity index (χ0) is 18.7. The molecule has 0 saturated heterocycles. The van der Waals surface area contributed by atoms with Gasteiger partial charge in [0.05, 0.1) is 10.6 Å². The quantitative estimate of drug-likeness (QED) is 0.618. The fourth-order valence-corrected chi connectivity index (χ4v) is 3.40. The van der Waals surface area contributed by atoms with E-state index in [2.05, 4.69) is 15.3 Å². The van der Waals surface area contributed by atoms with E-state index in [1.807, 2.05) is 6.07 Å². The van der Waals surface area contributed by atoms with Crippen LogP contribution in [-0.4, -0.2) is 20.4 Å². The van der Waals surface area contributed by atoms with Gasteiger partial charge in [0.1, 0.15) is 0 Å². The van der Waals surface area contributed by atoms with Crippen molar-refractivity contribution in [1.82, 2.24) is 14.5 Å². The summed E-state index contributed by atoms with van der Waals surface area (Å²) in [6.45, 7) is -1.03. The lowest BCUT2D eigenvalue weighted by Gasteiger charge is -2.04. The Morgan fingerprint density at radius 1 is 1.42 bits per heavy atom. The molecule has 0 aliphatic carbocycles. The molecule has 5 nitrogen and oxygen atoms in total. The molecule has 134 valence electrons. The van der Waals surface area contributed by atoms with Crippen LogP contribution < -0.4 is 5.32 Å². The van der Waals surface area contributed by atoms with Gasteiger partial charge in [-0.05, 0) is 30.7 Å². The molecule has 0 saturated carbocycles. The summed E-state index contributed by atoms with van der Waals surface area (Å²) in [6.07, 6.45) is 5.46. The van der Waals surface area contributed by atoms with Crippen molar-refractivity contribution >= 4 is 40.1 Å². The van der Waals surface area contributed by atoms with E-state index in [0.717, 1.165) is 21.5 Å². The summed E-state index contributed by atoms with van der Waals surface area (Å²) < 4.78 is 26.8. The van der Waals surface area contributed by atoms with E-state index >= 15 is 0 Å². The van der Waals surface area contributed by atoms with Gasteiger partial charge in [0.2, 0.25) is 5.91 Å². The molecule has 3 aromatic rings. The zero-order valence-electron chi connectivity index (χ0n) is 13.5. The molecule has 0 unspecified atom stereocenters. The van der Waals surface area contributed by atoms with Crippen molar-refractivity contribution in [2.75, 3.05) is 5.32 Å². The number of nitrogens with zero attached hydrogens (tertiary/aromatic N) is 3. The smallest absolute Gasteiger partial charge is 0.298 e. The van der Waals surface area contributed by atoms with Crippen LogP contribution in [-0.2, 0) is 4.79 Å². The number of amides is 1. The number of hydrogen-bond acceptors (Lipinski definition) is 4. The Balaban J connectivity index is 1.75. The first-order chi connectivity index (χ1) is 12.4. The molecule has 0 fully saturated rings. The van der Waals surface area contributed by atoms with Crippen molar-refractivity contribution in [3.8, 4) is 10.7 Å². The fourth-order valence-electron chi connectivity index (χ4n) is 2.23. The first kappa shape index (κ1) is 18.2. The van der Waals surface area contributed by atoms with Crippen molar-refractivity contribution in [3.05, 3.63) is 59.0 Å². The van der Waals surface area contributed by atoms with E-state index in [1.54, 1.807) is 31.2 Å². The number of aromatic nitrogens is 3. The predicted octanol–water partition coefficient (Wildman–Crippen LogP) is 5.02. The summed E-state index contributed by atoms with van der Waals surface area (Å²) in [4.78, 5) is 20.7. The minimum atomic E-state index is -2.70. The first-order valence-electron chi connectivity index (χ1n) is 7.47. The number of hydrogen-bond donors (Lipinski definition) is 1. The topological polar surface area (TPSA) is 59.8 Å². The molecule has 26 heavy (non-hydrogen) atoms. The molecule has 9 heteroatoms. The summed E-state index contributed by atoms with van der Waals surface area (Å²) in [5.41, 5.74) is 1.29. The third-order valence-corrected chi connectivity index (χ3v) is 4.69. The highest BCUT2D eigenvalue weighted by atomic mass is 35.5. The van der Waals surface area contributed by atoms with Gasteiger partial charge in [-0.3, -0.25) is 14.7 Å². The lowest BCUT2D eigenvalue weighted by molar-refractivity contribution is -0.111. The average molecular weight is 395 g/mol. The Kier molecular flexibility index (Phi) is 5.43. The molecule has 1 N–H and O–H groups in total. The Morgan fingerprint density at radius 2 is 2.23 bits per heavy atom. The summed E-state index contributed by atoms with van der Waals surface area (Å²) in [5.74, 6) is -0.271. The Hall–Kier alpha value is -2.58. The van der Waals surface area contributed by atoms with Gasteiger partial charge in [0, 0.05) is 23.5 Å². The minimum absolute atomic E-state index is 0.116. The number of rotatable bonds is 5. The Morgan fingerprint density at radius 3 is 2.96 bits per heavy atom. The second-order valence-corrected chi connectivity index (χ2v) is 6.68. The molecule has 0 spiro atoms. The second-order valence-electron chi connectivity index (χ2n) is 5.25. The van der Waals surface area contributed by atoms with Crippen LogP contribution in [0, 0.1) is 6.92 Å². The average Bonchev–Trinajstić information content (AvgIpc) is 3.19. The molecule has 0 aliphatic heterocycles. The molecule has 0 atom stereocenters. The van der Waals surface area contributed by atoms with Crippen molar-refractivity contribution in [1.29, 1.82) is 0 Å². The van der Waals surface area contributed by atoms with E-state index in [9.17, 15) is 13.6 Å². The molecular weight excluding hydrogens is 382 g/mol. The number of imidazole rings is 1. The summed E-state index contributed by atoms with van der Waals surface area (Å²) in [6, 6.07) is 7.05. The normalized spacial score (nSPS) is 11.4. The van der Waals surface area contributed by atoms with E-state index in [4.69, 9.17) is 11.6 Å². The van der Waals surface area contributed by atoms with E-state index in [0.29, 0.717) is 20.7 Å². The van der Waals surface area contributed by atoms with Crippen molar-refractivity contribution < 1.29 is 13.6 Å². The van der Waals surface area contributed by atoms with Gasteiger partial charge in [-0.25, -0.2) is 9.97 Å². The van der Waals surface area contributed by atoms with E-state index in [1.165, 1.54) is 18.5 Å². The Labute approximate surface area is 157 Å². The summed E-state index contributed by atoms with van der Waals surface area (Å²) >= 11 is 6.98. The van der Waals surface area contributed by atoms with Crippen molar-refractivity contribution in [3.63, 3.8) is 0 Å². The highest BCUT2D eigenvalue weighted by molar-refractivity contribution is 7.19. The largest absolute Gasteiger partial charge is 0.320 e. The van der Waals surface area contributed by atoms with Crippen LogP contribution in [0.3, 0.4) is 0 Å². The monoisotopic (exact) mass is 394 g/mol. The highest BCUT2D eigenvalue weighted by Crippen LogP contribution is 2.33. The van der Waals surface area contributed by atoms with Crippen LogP contribution in [0.1, 0.15) is 17.8 Å². The van der Waals surface area contributed by atoms with Crippen molar-refractivity contribution in [2.24, 2.45) is 0 Å². The number of thiazole rings is 1. The maximum atomic E-state index is 13.0. The summed E-state index contributed by atoms with van der Waals surface area (Å²) in [5, 5.41) is 3.50. The van der Waals surface area contributed by atoms with Gasteiger partial charge in [0.25, 0.3) is 0 Å². The molecule has 2 heterocycles. The maximum Gasteiger partial charge on any atom is 0.320 e. The first-order valence-corrected chi connectivity index (χ1v) is 8.67. The maximum absolute atomic E-state index is 13.0. The van der Waals surface area contributed by atoms with Gasteiger partial charge in [-0.2, -0.15) is 8.78 Å². The van der Waals surface area contributed by atoms with Crippen LogP contribution in [0.5, 0.6) is 0 Å². The van der Waals surface area contributed by atoms with Gasteiger partial charge in [-0.15, -0.1) is 0 Å². The van der Waals surface area contributed by atoms with Crippen LogP contribution >= 0.6 is 22.9 Å². The predicted molar refractivity (Wildman–Crippen MR) is 98.4 cm³/mol. The number of alkyl halides is 2. The van der Waals surface area contributed by atoms with Crippen LogP contribution in [0.4, 0.5) is 13.9 Å². The zero-order valence-corrected chi connectivity index (χ0v) is 15.1. The molecular formula is C17H13ClF2N4OS. The number of carbonyl (C=O) groups is 1. The second kappa shape index (κ2) is 7.76. The highest BCUT2D eigenvalue weighted by Gasteiger charge is 2.19. The molecule has 1 amide bonds. The van der Waals surface area contributed by atoms with Crippen molar-refractivity contribution in [2.45, 2.75) is 13.5 Å². The molecule has 0 bridgehead atoms. The number of nitrogens with one attached hydrogen (secondary N) is 1. The Bertz CT molecular complexity index is 967. The fraction of sp³-hybridized carbons (Fsp3) is 0.118. The van der Waals surface area contributed by atoms with Gasteiger partial charge < -0.3 is 0 Å². The molecule has 0 aliphatic rings. The van der Waals surface area contributed by atoms with E-state index in [-0.39, 0.29) is 11.7 Å². The van der Waals surface area contributed by atoms with Gasteiger partial charge >= 0.3 is 6.55 Å². The molecule has 0 radical (unpaired) electrons. The number of aryl methyl sites for hydroxylation is 1. The number of anilines is 1. The molecule has 2 aromatic heterocycles. The third kappa shape index (κ3) is 4.14. The van der Waals surface area contributed by atoms with E-state index < -0.39 is 6.55 Å². The standard InChI is InChI=1S/C17H13ClF2N4OS/c1-10-14(15-21-7-8-24(15)16(19)20)26-17(22-10)23-13(25)6-5-11-3-2-4-12(18)9-11/h2-9,16H,1H3,(H,22,23,25)/b6-5+. The minimum Gasteiger partial charge on any atom is -0.298 e. The molecule has 3 rings (SSSR count). The summed E-state index contributed by atoms with van der Waals surface area (Å²) in [7, 11) is 0. The van der Waals surface area contributed by atoms with Gasteiger partial charge in [0.15, 0.2) is 11.0 Å².